The Morgan fingerprint density at radius 2 is 0.600 bits per heavy atom. The zero-order valence-electron chi connectivity index (χ0n) is 27.5. The summed E-state index contributed by atoms with van der Waals surface area (Å²) < 4.78 is 0. The van der Waals surface area contributed by atoms with Crippen molar-refractivity contribution in [1.29, 1.82) is 0 Å². The summed E-state index contributed by atoms with van der Waals surface area (Å²) >= 11 is 0. The lowest BCUT2D eigenvalue weighted by atomic mass is 9.82. The topological polar surface area (TPSA) is 0 Å². The van der Waals surface area contributed by atoms with Crippen LogP contribution in [0.5, 0.6) is 0 Å². The number of fused-ring (bicyclic) bond motifs is 5. The molecule has 0 N–H and O–H groups in total. The third-order valence-corrected chi connectivity index (χ3v) is 10.4. The lowest BCUT2D eigenvalue weighted by Gasteiger charge is -2.21. The Balaban J connectivity index is 1.37. The highest BCUT2D eigenvalue weighted by Crippen LogP contribution is 2.48. The minimum atomic E-state index is 1.22. The molecule has 0 fully saturated rings. The molecule has 0 unspecified atom stereocenters. The Bertz CT molecular complexity index is 2900. The lowest BCUT2D eigenvalue weighted by Crippen LogP contribution is -1.93. The van der Waals surface area contributed by atoms with Gasteiger partial charge in [0.05, 0.1) is 0 Å². The van der Waals surface area contributed by atoms with Gasteiger partial charge in [-0.3, -0.25) is 0 Å². The number of hydrogen-bond acceptors (Lipinski definition) is 0. The highest BCUT2D eigenvalue weighted by Gasteiger charge is 2.20. The van der Waals surface area contributed by atoms with Crippen LogP contribution in [0.4, 0.5) is 0 Å². The van der Waals surface area contributed by atoms with E-state index in [1.54, 1.807) is 0 Å². The largest absolute Gasteiger partial charge is 0.0622 e. The van der Waals surface area contributed by atoms with Crippen molar-refractivity contribution in [2.75, 3.05) is 0 Å². The quantitative estimate of drug-likeness (QED) is 0.169. The first-order chi connectivity index (χ1) is 24.8. The van der Waals surface area contributed by atoms with Gasteiger partial charge in [-0.15, -0.1) is 0 Å². The lowest BCUT2D eigenvalue weighted by molar-refractivity contribution is 1.64. The molecule has 10 rings (SSSR count). The maximum absolute atomic E-state index is 2.44. The standard InChI is InChI=1S/C50H32/c1-2-16-36(17-3-1)49-45-29-27-38(43-25-11-19-34-14-5-8-22-40(34)43)32-48(45)50(44-26-12-20-35-15-6-9-23-41(35)44)46-30-28-37(31-47(46)49)42-24-10-18-33-13-4-7-21-39(33)42/h1-32H. The fraction of sp³-hybridized carbons (Fsp3) is 0. The third-order valence-electron chi connectivity index (χ3n) is 10.4. The van der Waals surface area contributed by atoms with Crippen LogP contribution in [0.2, 0.25) is 0 Å². The maximum Gasteiger partial charge on any atom is -0.00199 e. The van der Waals surface area contributed by atoms with Gasteiger partial charge >= 0.3 is 0 Å². The van der Waals surface area contributed by atoms with E-state index in [9.17, 15) is 0 Å². The highest BCUT2D eigenvalue weighted by atomic mass is 14.2. The molecule has 10 aromatic carbocycles. The zero-order valence-corrected chi connectivity index (χ0v) is 27.5. The van der Waals surface area contributed by atoms with Crippen molar-refractivity contribution in [2.45, 2.75) is 0 Å². The van der Waals surface area contributed by atoms with Crippen molar-refractivity contribution in [2.24, 2.45) is 0 Å². The molecule has 0 heterocycles. The summed E-state index contributed by atoms with van der Waals surface area (Å²) in [5, 5.41) is 12.6. The second-order valence-electron chi connectivity index (χ2n) is 13.2. The third kappa shape index (κ3) is 4.54. The Hall–Kier alpha value is -6.50. The van der Waals surface area contributed by atoms with Crippen molar-refractivity contribution in [3.8, 4) is 44.5 Å². The summed E-state index contributed by atoms with van der Waals surface area (Å²) in [6.07, 6.45) is 0. The first kappa shape index (κ1) is 28.5. The molecular formula is C50H32. The van der Waals surface area contributed by atoms with Crippen molar-refractivity contribution in [1.82, 2.24) is 0 Å². The molecule has 0 nitrogen and oxygen atoms in total. The minimum Gasteiger partial charge on any atom is -0.0622 e. The minimum absolute atomic E-state index is 1.22. The van der Waals surface area contributed by atoms with Crippen molar-refractivity contribution in [3.05, 3.63) is 194 Å². The van der Waals surface area contributed by atoms with E-state index in [1.165, 1.54) is 98.4 Å². The molecule has 0 spiro atoms. The van der Waals surface area contributed by atoms with Crippen LogP contribution in [0.15, 0.2) is 194 Å². The van der Waals surface area contributed by atoms with Crippen LogP contribution in [0.3, 0.4) is 0 Å². The van der Waals surface area contributed by atoms with Gasteiger partial charge in [0.1, 0.15) is 0 Å². The summed E-state index contributed by atoms with van der Waals surface area (Å²) in [5.74, 6) is 0. The predicted octanol–water partition coefficient (Wildman–Crippen LogP) is 14.1. The zero-order chi connectivity index (χ0) is 33.0. The predicted molar refractivity (Wildman–Crippen MR) is 216 cm³/mol. The van der Waals surface area contributed by atoms with Gasteiger partial charge in [-0.1, -0.05) is 182 Å². The molecule has 10 aromatic rings. The van der Waals surface area contributed by atoms with Gasteiger partial charge in [-0.2, -0.15) is 0 Å². The molecule has 0 heteroatoms. The molecule has 0 aromatic heterocycles. The van der Waals surface area contributed by atoms with Crippen molar-refractivity contribution in [3.63, 3.8) is 0 Å². The summed E-state index contributed by atoms with van der Waals surface area (Å²) in [6, 6.07) is 71.4. The molecule has 0 saturated carbocycles. The van der Waals surface area contributed by atoms with Crippen LogP contribution >= 0.6 is 0 Å². The summed E-state index contributed by atoms with van der Waals surface area (Å²) in [5.41, 5.74) is 9.97. The van der Waals surface area contributed by atoms with E-state index >= 15 is 0 Å². The molecule has 232 valence electrons. The number of benzene rings is 10. The molecular weight excluding hydrogens is 601 g/mol. The molecule has 0 bridgehead atoms. The van der Waals surface area contributed by atoms with Gasteiger partial charge in [0.2, 0.25) is 0 Å². The highest BCUT2D eigenvalue weighted by molar-refractivity contribution is 6.25. The number of rotatable bonds is 4. The van der Waals surface area contributed by atoms with E-state index < -0.39 is 0 Å². The van der Waals surface area contributed by atoms with E-state index in [0.717, 1.165) is 0 Å². The first-order valence-corrected chi connectivity index (χ1v) is 17.4. The summed E-state index contributed by atoms with van der Waals surface area (Å²) in [4.78, 5) is 0. The van der Waals surface area contributed by atoms with Gasteiger partial charge in [-0.05, 0) is 111 Å². The number of hydrogen-bond donors (Lipinski definition) is 0. The van der Waals surface area contributed by atoms with Gasteiger partial charge < -0.3 is 0 Å². The van der Waals surface area contributed by atoms with E-state index in [1.807, 2.05) is 0 Å². The van der Waals surface area contributed by atoms with Crippen LogP contribution in [-0.2, 0) is 0 Å². The fourth-order valence-electron chi connectivity index (χ4n) is 8.17. The smallest absolute Gasteiger partial charge is 0.00199 e. The summed E-state index contributed by atoms with van der Waals surface area (Å²) in [6.45, 7) is 0. The normalized spacial score (nSPS) is 11.6. The second kappa shape index (κ2) is 11.6. The molecule has 0 aliphatic carbocycles. The van der Waals surface area contributed by atoms with Crippen LogP contribution in [0.1, 0.15) is 0 Å². The monoisotopic (exact) mass is 632 g/mol. The van der Waals surface area contributed by atoms with E-state index in [0.29, 0.717) is 0 Å². The average molecular weight is 633 g/mol. The average Bonchev–Trinajstić information content (AvgIpc) is 3.19. The summed E-state index contributed by atoms with van der Waals surface area (Å²) in [7, 11) is 0. The Morgan fingerprint density at radius 3 is 1.14 bits per heavy atom. The van der Waals surface area contributed by atoms with Crippen LogP contribution < -0.4 is 0 Å². The van der Waals surface area contributed by atoms with E-state index in [4.69, 9.17) is 0 Å². The second-order valence-corrected chi connectivity index (χ2v) is 13.2. The van der Waals surface area contributed by atoms with Gasteiger partial charge in [0.15, 0.2) is 0 Å². The van der Waals surface area contributed by atoms with Crippen LogP contribution in [0, 0.1) is 0 Å². The van der Waals surface area contributed by atoms with Crippen LogP contribution in [0.25, 0.3) is 98.4 Å². The van der Waals surface area contributed by atoms with Crippen LogP contribution in [-0.4, -0.2) is 0 Å². The first-order valence-electron chi connectivity index (χ1n) is 17.4. The van der Waals surface area contributed by atoms with Gasteiger partial charge in [0, 0.05) is 0 Å². The maximum atomic E-state index is 2.44. The molecule has 0 amide bonds. The Labute approximate surface area is 291 Å². The van der Waals surface area contributed by atoms with E-state index in [2.05, 4.69) is 194 Å². The van der Waals surface area contributed by atoms with Gasteiger partial charge in [-0.25, -0.2) is 0 Å². The SMILES string of the molecule is c1ccc(-c2c3cc(-c4cccc5ccccc45)ccc3c(-c3cccc4ccccc34)c3cc(-c4cccc5ccccc45)ccc23)cc1. The van der Waals surface area contributed by atoms with E-state index in [-0.39, 0.29) is 0 Å². The molecule has 0 radical (unpaired) electrons. The van der Waals surface area contributed by atoms with Crippen molar-refractivity contribution < 1.29 is 0 Å². The van der Waals surface area contributed by atoms with Crippen molar-refractivity contribution >= 4 is 53.9 Å². The Kier molecular flexibility index (Phi) is 6.60. The molecule has 0 aliphatic heterocycles. The van der Waals surface area contributed by atoms with Gasteiger partial charge in [0.25, 0.3) is 0 Å². The molecule has 0 aliphatic rings. The fourth-order valence-corrected chi connectivity index (χ4v) is 8.17. The molecule has 0 saturated heterocycles. The molecule has 50 heavy (non-hydrogen) atoms. The Morgan fingerprint density at radius 1 is 0.200 bits per heavy atom. The molecule has 0 atom stereocenters.